The van der Waals surface area contributed by atoms with Crippen molar-refractivity contribution in [3.05, 3.63) is 0 Å². The van der Waals surface area contributed by atoms with Gasteiger partial charge in [-0.3, -0.25) is 4.90 Å². The highest BCUT2D eigenvalue weighted by Gasteiger charge is 2.28. The first-order chi connectivity index (χ1) is 9.11. The van der Waals surface area contributed by atoms with Gasteiger partial charge in [0.25, 0.3) is 0 Å². The smallest absolute Gasteiger partial charge is 0.101 e. The Morgan fingerprint density at radius 3 is 2.89 bits per heavy atom. The standard InChI is InChI=1S/C15H28N4/c1-15(17,13-16)7-3-5-8-18-10-11-19-9-4-2-6-14(19)12-18/h14H,2-12,17H2,1H3. The molecule has 2 heterocycles. The number of piperazine rings is 1. The van der Waals surface area contributed by atoms with E-state index < -0.39 is 5.54 Å². The van der Waals surface area contributed by atoms with E-state index in [4.69, 9.17) is 11.0 Å². The molecule has 0 aromatic carbocycles. The molecule has 2 N–H and O–H groups in total. The third-order valence-corrected chi connectivity index (χ3v) is 4.60. The van der Waals surface area contributed by atoms with Crippen LogP contribution in [0.5, 0.6) is 0 Å². The summed E-state index contributed by atoms with van der Waals surface area (Å²) >= 11 is 0. The second kappa shape index (κ2) is 6.69. The first-order valence-electron chi connectivity index (χ1n) is 7.77. The van der Waals surface area contributed by atoms with Crippen molar-refractivity contribution < 1.29 is 0 Å². The van der Waals surface area contributed by atoms with E-state index in [0.717, 1.165) is 18.9 Å². The van der Waals surface area contributed by atoms with E-state index in [9.17, 15) is 0 Å². The van der Waals surface area contributed by atoms with Crippen LogP contribution in [0, 0.1) is 11.3 Å². The average Bonchev–Trinajstić information content (AvgIpc) is 2.43. The Morgan fingerprint density at radius 1 is 1.26 bits per heavy atom. The number of piperidine rings is 1. The van der Waals surface area contributed by atoms with Gasteiger partial charge in [0.1, 0.15) is 5.54 Å². The van der Waals surface area contributed by atoms with Crippen molar-refractivity contribution in [2.24, 2.45) is 5.73 Å². The van der Waals surface area contributed by atoms with Crippen LogP contribution in [0.2, 0.25) is 0 Å². The van der Waals surface area contributed by atoms with Gasteiger partial charge in [-0.15, -0.1) is 0 Å². The highest BCUT2D eigenvalue weighted by Crippen LogP contribution is 2.21. The van der Waals surface area contributed by atoms with E-state index in [1.807, 2.05) is 6.92 Å². The molecule has 0 amide bonds. The fourth-order valence-corrected chi connectivity index (χ4v) is 3.31. The molecule has 0 aliphatic carbocycles. The third-order valence-electron chi connectivity index (χ3n) is 4.60. The van der Waals surface area contributed by atoms with Gasteiger partial charge in [-0.2, -0.15) is 5.26 Å². The molecule has 4 heteroatoms. The van der Waals surface area contributed by atoms with Crippen molar-refractivity contribution in [3.63, 3.8) is 0 Å². The number of nitriles is 1. The monoisotopic (exact) mass is 264 g/mol. The summed E-state index contributed by atoms with van der Waals surface area (Å²) in [4.78, 5) is 5.28. The number of fused-ring (bicyclic) bond motifs is 1. The van der Waals surface area contributed by atoms with E-state index >= 15 is 0 Å². The van der Waals surface area contributed by atoms with Crippen molar-refractivity contribution in [1.82, 2.24) is 9.80 Å². The van der Waals surface area contributed by atoms with Crippen LogP contribution in [0.3, 0.4) is 0 Å². The van der Waals surface area contributed by atoms with Crippen LogP contribution < -0.4 is 5.73 Å². The lowest BCUT2D eigenvalue weighted by atomic mass is 9.97. The third kappa shape index (κ3) is 4.45. The molecule has 2 aliphatic rings. The molecule has 2 saturated heterocycles. The van der Waals surface area contributed by atoms with E-state index in [0.29, 0.717) is 0 Å². The number of nitrogens with two attached hydrogens (primary N) is 1. The average molecular weight is 264 g/mol. The maximum atomic E-state index is 8.88. The fourth-order valence-electron chi connectivity index (χ4n) is 3.31. The van der Waals surface area contributed by atoms with Crippen LogP contribution in [0.15, 0.2) is 0 Å². The molecule has 2 aliphatic heterocycles. The summed E-state index contributed by atoms with van der Waals surface area (Å²) in [7, 11) is 0. The van der Waals surface area contributed by atoms with Gasteiger partial charge in [-0.1, -0.05) is 6.42 Å². The quantitative estimate of drug-likeness (QED) is 0.766. The van der Waals surface area contributed by atoms with Crippen LogP contribution in [0.1, 0.15) is 45.4 Å². The minimum atomic E-state index is -0.637. The Hall–Kier alpha value is -0.630. The lowest BCUT2D eigenvalue weighted by Gasteiger charge is -2.44. The summed E-state index contributed by atoms with van der Waals surface area (Å²) < 4.78 is 0. The molecular weight excluding hydrogens is 236 g/mol. The molecule has 0 saturated carbocycles. The van der Waals surface area contributed by atoms with E-state index in [1.165, 1.54) is 58.4 Å². The highest BCUT2D eigenvalue weighted by atomic mass is 15.3. The summed E-state index contributed by atoms with van der Waals surface area (Å²) in [6.07, 6.45) is 7.22. The first-order valence-corrected chi connectivity index (χ1v) is 7.77. The van der Waals surface area contributed by atoms with Gasteiger partial charge in [-0.05, 0) is 52.1 Å². The molecule has 0 radical (unpaired) electrons. The zero-order valence-corrected chi connectivity index (χ0v) is 12.3. The summed E-state index contributed by atoms with van der Waals surface area (Å²) in [5.74, 6) is 0. The Morgan fingerprint density at radius 2 is 2.11 bits per heavy atom. The molecule has 2 rings (SSSR count). The fraction of sp³-hybridized carbons (Fsp3) is 0.933. The Balaban J connectivity index is 1.63. The zero-order chi connectivity index (χ0) is 13.7. The molecule has 4 nitrogen and oxygen atoms in total. The summed E-state index contributed by atoms with van der Waals surface area (Å²) in [5.41, 5.74) is 5.20. The van der Waals surface area contributed by atoms with E-state index in [2.05, 4.69) is 15.9 Å². The van der Waals surface area contributed by atoms with Gasteiger partial charge in [0.05, 0.1) is 6.07 Å². The predicted molar refractivity (Wildman–Crippen MR) is 77.7 cm³/mol. The zero-order valence-electron chi connectivity index (χ0n) is 12.3. The highest BCUT2D eigenvalue weighted by molar-refractivity contribution is 5.00. The summed E-state index contributed by atoms with van der Waals surface area (Å²) in [5, 5.41) is 8.88. The van der Waals surface area contributed by atoms with Gasteiger partial charge in [0, 0.05) is 25.7 Å². The summed E-state index contributed by atoms with van der Waals surface area (Å²) in [6.45, 7) is 8.02. The van der Waals surface area contributed by atoms with Crippen LogP contribution >= 0.6 is 0 Å². The lowest BCUT2D eigenvalue weighted by Crippen LogP contribution is -2.54. The minimum Gasteiger partial charge on any atom is -0.314 e. The molecule has 108 valence electrons. The molecule has 0 bridgehead atoms. The number of unbranched alkanes of at least 4 members (excludes halogenated alkanes) is 1. The number of hydrogen-bond acceptors (Lipinski definition) is 4. The topological polar surface area (TPSA) is 56.3 Å². The molecule has 2 fully saturated rings. The van der Waals surface area contributed by atoms with E-state index in [-0.39, 0.29) is 0 Å². The van der Waals surface area contributed by atoms with Crippen molar-refractivity contribution >= 4 is 0 Å². The van der Waals surface area contributed by atoms with Crippen molar-refractivity contribution in [2.45, 2.75) is 57.0 Å². The molecule has 0 aromatic rings. The number of hydrogen-bond donors (Lipinski definition) is 1. The molecule has 19 heavy (non-hydrogen) atoms. The van der Waals surface area contributed by atoms with Crippen LogP contribution in [-0.4, -0.2) is 54.1 Å². The van der Waals surface area contributed by atoms with E-state index in [1.54, 1.807) is 0 Å². The van der Waals surface area contributed by atoms with Crippen molar-refractivity contribution in [3.8, 4) is 6.07 Å². The van der Waals surface area contributed by atoms with Crippen LogP contribution in [0.4, 0.5) is 0 Å². The first kappa shape index (κ1) is 14.8. The maximum Gasteiger partial charge on any atom is 0.101 e. The molecule has 2 atom stereocenters. The van der Waals surface area contributed by atoms with Crippen molar-refractivity contribution in [2.75, 3.05) is 32.7 Å². The second-order valence-electron chi connectivity index (χ2n) is 6.47. The second-order valence-corrected chi connectivity index (χ2v) is 6.47. The molecule has 2 unspecified atom stereocenters. The maximum absolute atomic E-state index is 8.88. The van der Waals surface area contributed by atoms with Gasteiger partial charge >= 0.3 is 0 Å². The normalized spacial score (nSPS) is 28.4. The Bertz CT molecular complexity index is 321. The molecule has 0 aromatic heterocycles. The van der Waals surface area contributed by atoms with Crippen LogP contribution in [0.25, 0.3) is 0 Å². The van der Waals surface area contributed by atoms with Gasteiger partial charge in [0.2, 0.25) is 0 Å². The Labute approximate surface area is 117 Å². The van der Waals surface area contributed by atoms with Gasteiger partial charge < -0.3 is 10.6 Å². The molecular formula is C15H28N4. The molecule has 0 spiro atoms. The lowest BCUT2D eigenvalue weighted by molar-refractivity contribution is 0.0485. The number of nitrogens with zero attached hydrogens (tertiary/aromatic N) is 3. The summed E-state index contributed by atoms with van der Waals surface area (Å²) in [6, 6.07) is 2.98. The van der Waals surface area contributed by atoms with Crippen LogP contribution in [-0.2, 0) is 0 Å². The van der Waals surface area contributed by atoms with Gasteiger partial charge in [0.15, 0.2) is 0 Å². The minimum absolute atomic E-state index is 0.637. The van der Waals surface area contributed by atoms with Crippen molar-refractivity contribution in [1.29, 1.82) is 5.26 Å². The SMILES string of the molecule is CC(N)(C#N)CCCCN1CCN2CCCCC2C1. The largest absolute Gasteiger partial charge is 0.314 e. The Kier molecular flexibility index (Phi) is 5.20. The predicted octanol–water partition coefficient (Wildman–Crippen LogP) is 1.57. The number of rotatable bonds is 5. The van der Waals surface area contributed by atoms with Gasteiger partial charge in [-0.25, -0.2) is 0 Å².